The van der Waals surface area contributed by atoms with Gasteiger partial charge in [0.25, 0.3) is 0 Å². The van der Waals surface area contributed by atoms with Gasteiger partial charge in [-0.25, -0.2) is 0 Å². The summed E-state index contributed by atoms with van der Waals surface area (Å²) in [6.45, 7) is 0. The minimum atomic E-state index is -1.50. The Hall–Kier alpha value is 1.84. The second kappa shape index (κ2) is 29.7. The summed E-state index contributed by atoms with van der Waals surface area (Å²) < 4.78 is 0. The Morgan fingerprint density at radius 3 is 0.600 bits per heavy atom. The van der Waals surface area contributed by atoms with E-state index in [1.54, 1.807) is 0 Å². The van der Waals surface area contributed by atoms with E-state index < -0.39 is 15.9 Å². The molecule has 0 saturated carbocycles. The van der Waals surface area contributed by atoms with Crippen molar-refractivity contribution in [3.05, 3.63) is 0 Å². The molecule has 0 aliphatic heterocycles. The first-order chi connectivity index (χ1) is 5.20. The van der Waals surface area contributed by atoms with E-state index in [4.69, 9.17) is 29.7 Å². The Labute approximate surface area is 163 Å². The summed E-state index contributed by atoms with van der Waals surface area (Å²) in [6, 6.07) is 0. The SMILES string of the molecule is O=C([O-])[S-].O=C([O-])[S-].O=C([O-])[S-].[Cd+2].[Cd+2].[Cd+2]. The third-order valence-electron chi connectivity index (χ3n) is 0. The maximum atomic E-state index is 8.70. The molecule has 0 aromatic heterocycles. The zero-order chi connectivity index (χ0) is 10.7. The van der Waals surface area contributed by atoms with Gasteiger partial charge in [-0.1, -0.05) is 15.9 Å². The Morgan fingerprint density at radius 2 is 0.600 bits per heavy atom. The van der Waals surface area contributed by atoms with Crippen LogP contribution in [-0.4, -0.2) is 15.9 Å². The third-order valence-corrected chi connectivity index (χ3v) is 0. The van der Waals surface area contributed by atoms with Gasteiger partial charge in [-0.2, -0.15) is 0 Å². The van der Waals surface area contributed by atoms with Gasteiger partial charge < -0.3 is 67.6 Å². The predicted octanol–water partition coefficient (Wildman–Crippen LogP) is -3.38. The largest absolute Gasteiger partial charge is 2.00 e. The predicted molar refractivity (Wildman–Crippen MR) is 38.3 cm³/mol. The molecule has 0 aromatic carbocycles. The zero-order valence-electron chi connectivity index (χ0n) is 7.30. The Bertz CT molecular complexity index is 126. The maximum Gasteiger partial charge on any atom is 2.00 e. The molecule has 0 heterocycles. The van der Waals surface area contributed by atoms with Crippen LogP contribution in [0.2, 0.25) is 0 Å². The van der Waals surface area contributed by atoms with E-state index in [1.165, 1.54) is 0 Å². The fourth-order valence-corrected chi connectivity index (χ4v) is 0. The van der Waals surface area contributed by atoms with Gasteiger partial charge in [-0.3, -0.25) is 0 Å². The molecular weight excluding hydrogens is 565 g/mol. The van der Waals surface area contributed by atoms with Crippen LogP contribution in [0.3, 0.4) is 0 Å². The van der Waals surface area contributed by atoms with Crippen LogP contribution in [-0.2, 0) is 120 Å². The summed E-state index contributed by atoms with van der Waals surface area (Å²) in [5, 5.41) is 21.6. The normalized spacial score (nSPS) is 4.80. The van der Waals surface area contributed by atoms with Crippen molar-refractivity contribution in [1.82, 2.24) is 0 Å². The summed E-state index contributed by atoms with van der Waals surface area (Å²) in [5.41, 5.74) is 0. The topological polar surface area (TPSA) is 120 Å². The first-order valence-electron chi connectivity index (χ1n) is 1.84. The molecule has 0 N–H and O–H groups in total. The van der Waals surface area contributed by atoms with E-state index in [0.29, 0.717) is 0 Å². The summed E-state index contributed by atoms with van der Waals surface area (Å²) in [4.78, 5) is 26.1. The second-order valence-corrected chi connectivity index (χ2v) is 1.75. The fourth-order valence-electron chi connectivity index (χ4n) is 0. The van der Waals surface area contributed by atoms with Gasteiger partial charge in [0, 0.05) is 0 Å². The molecule has 0 amide bonds. The number of carbonyl (C=O) groups excluding carboxylic acids is 3. The van der Waals surface area contributed by atoms with Crippen LogP contribution in [0.1, 0.15) is 0 Å². The molecule has 0 rings (SSSR count). The first kappa shape index (κ1) is 36.0. The number of carboxylic acid groups (broad SMARTS) is 3. The van der Waals surface area contributed by atoms with E-state index >= 15 is 0 Å². The summed E-state index contributed by atoms with van der Waals surface area (Å²) in [6.07, 6.45) is 0. The minimum absolute atomic E-state index is 0. The molecule has 0 spiro atoms. The molecule has 0 aliphatic rings. The average Bonchev–Trinajstić information content (AvgIpc) is 1.54. The van der Waals surface area contributed by atoms with Crippen LogP contribution in [0.5, 0.6) is 0 Å². The fraction of sp³-hybridized carbons (Fsp3) is 0. The van der Waals surface area contributed by atoms with E-state index in [9.17, 15) is 0 Å². The Balaban J connectivity index is -0.0000000184. The van der Waals surface area contributed by atoms with Crippen molar-refractivity contribution >= 4 is 53.8 Å². The van der Waals surface area contributed by atoms with Gasteiger partial charge in [-0.15, -0.1) is 0 Å². The quantitative estimate of drug-likeness (QED) is 0.219. The van der Waals surface area contributed by atoms with E-state index in [-0.39, 0.29) is 81.9 Å². The van der Waals surface area contributed by atoms with Crippen LogP contribution >= 0.6 is 0 Å². The third kappa shape index (κ3) is 899. The van der Waals surface area contributed by atoms with Gasteiger partial charge >= 0.3 is 81.9 Å². The molecule has 0 atom stereocenters. The molecule has 6 nitrogen and oxygen atoms in total. The van der Waals surface area contributed by atoms with Crippen molar-refractivity contribution < 1.29 is 112 Å². The smallest absolute Gasteiger partial charge is 0.764 e. The van der Waals surface area contributed by atoms with Crippen LogP contribution in [0.25, 0.3) is 0 Å². The van der Waals surface area contributed by atoms with Gasteiger partial charge in [-0.05, 0) is 0 Å². The molecule has 0 aromatic rings. The molecule has 0 saturated heterocycles. The molecule has 12 heteroatoms. The number of hydrogen-bond acceptors (Lipinski definition) is 9. The summed E-state index contributed by atoms with van der Waals surface area (Å²) in [7, 11) is 0. The molecule has 0 unspecified atom stereocenters. The molecule has 0 radical (unpaired) electrons. The van der Waals surface area contributed by atoms with Gasteiger partial charge in [0.15, 0.2) is 0 Å². The minimum Gasteiger partial charge on any atom is -0.764 e. The average molecular weight is 565 g/mol. The van der Waals surface area contributed by atoms with Crippen molar-refractivity contribution in [3.63, 3.8) is 0 Å². The monoisotopic (exact) mass is 570 g/mol. The van der Waals surface area contributed by atoms with Crippen LogP contribution in [0.4, 0.5) is 14.4 Å². The van der Waals surface area contributed by atoms with E-state index in [1.807, 2.05) is 0 Å². The van der Waals surface area contributed by atoms with Gasteiger partial charge in [0.1, 0.15) is 0 Å². The van der Waals surface area contributed by atoms with Gasteiger partial charge in [0.2, 0.25) is 0 Å². The van der Waals surface area contributed by atoms with Crippen LogP contribution in [0.15, 0.2) is 0 Å². The summed E-state index contributed by atoms with van der Waals surface area (Å²) in [5.74, 6) is 0. The number of carbonyl (C=O) groups is 3. The van der Waals surface area contributed by atoms with Crippen molar-refractivity contribution in [1.29, 1.82) is 0 Å². The Morgan fingerprint density at radius 1 is 0.600 bits per heavy atom. The van der Waals surface area contributed by atoms with Crippen molar-refractivity contribution in [2.45, 2.75) is 0 Å². The van der Waals surface area contributed by atoms with Crippen LogP contribution in [0, 0.1) is 0 Å². The van der Waals surface area contributed by atoms with Crippen molar-refractivity contribution in [3.8, 4) is 0 Å². The van der Waals surface area contributed by atoms with Gasteiger partial charge in [0.05, 0.1) is 0 Å². The molecule has 0 bridgehead atoms. The number of hydrogen-bond donors (Lipinski definition) is 0. The second-order valence-electron chi connectivity index (χ2n) is 0.750. The summed E-state index contributed by atoms with van der Waals surface area (Å²) >= 11 is 10.3. The molecule has 0 aliphatic carbocycles. The van der Waals surface area contributed by atoms with E-state index in [2.05, 4.69) is 37.9 Å². The van der Waals surface area contributed by atoms with Crippen molar-refractivity contribution in [2.24, 2.45) is 0 Å². The standard InChI is InChI=1S/3CH2O2S.3Cd/c3*2-1(3)4;;;/h3*4H,(H,2,3);;;/q;;;3*+2/p-6. The van der Waals surface area contributed by atoms with Crippen LogP contribution < -0.4 is 15.3 Å². The molecule has 72 valence electrons. The molecular formula is C3Cd3O6S3. The van der Waals surface area contributed by atoms with E-state index in [0.717, 1.165) is 0 Å². The molecule has 15 heavy (non-hydrogen) atoms. The maximum absolute atomic E-state index is 8.70. The Kier molecular flexibility index (Phi) is 71.2. The first-order valence-corrected chi connectivity index (χ1v) is 3.06. The zero-order valence-corrected chi connectivity index (χ0v) is 21.9. The number of rotatable bonds is 0. The molecule has 0 fully saturated rings. The van der Waals surface area contributed by atoms with Crippen molar-refractivity contribution in [2.75, 3.05) is 0 Å².